The molecule has 2 aromatic rings. The summed E-state index contributed by atoms with van der Waals surface area (Å²) in [7, 11) is -3.66. The van der Waals surface area contributed by atoms with Gasteiger partial charge in [-0.15, -0.1) is 0 Å². The highest BCUT2D eigenvalue weighted by Crippen LogP contribution is 2.19. The van der Waals surface area contributed by atoms with Gasteiger partial charge in [0.25, 0.3) is 5.56 Å². The monoisotopic (exact) mass is 436 g/mol. The molecule has 0 saturated carbocycles. The van der Waals surface area contributed by atoms with Crippen molar-refractivity contribution < 1.29 is 13.2 Å². The van der Waals surface area contributed by atoms with Crippen LogP contribution in [-0.4, -0.2) is 36.2 Å². The number of nitrogen functional groups attached to an aromatic ring is 1. The Morgan fingerprint density at radius 1 is 1.17 bits per heavy atom. The number of carbonyl (C=O) groups is 1. The zero-order valence-corrected chi connectivity index (χ0v) is 18.3. The lowest BCUT2D eigenvalue weighted by atomic mass is 10.2. The van der Waals surface area contributed by atoms with Gasteiger partial charge in [-0.3, -0.25) is 19.1 Å². The maximum Gasteiger partial charge on any atom is 0.330 e. The lowest BCUT2D eigenvalue weighted by Gasteiger charge is -2.23. The second kappa shape index (κ2) is 9.75. The molecule has 1 heterocycles. The number of H-pyrrole nitrogens is 1. The first-order chi connectivity index (χ1) is 14.1. The summed E-state index contributed by atoms with van der Waals surface area (Å²) in [6.07, 6.45) is 1.16. The zero-order valence-electron chi connectivity index (χ0n) is 17.5. The number of aryl methyl sites for hydroxylation is 1. The largest absolute Gasteiger partial charge is 0.383 e. The molecule has 0 spiro atoms. The first-order valence-electron chi connectivity index (χ1n) is 9.84. The summed E-state index contributed by atoms with van der Waals surface area (Å²) in [5.41, 5.74) is 5.44. The second-order valence-corrected chi connectivity index (χ2v) is 9.13. The molecule has 1 aromatic heterocycles. The van der Waals surface area contributed by atoms with E-state index < -0.39 is 32.7 Å². The molecule has 0 bridgehead atoms. The molecule has 0 saturated heterocycles. The molecule has 0 radical (unpaired) electrons. The van der Waals surface area contributed by atoms with Gasteiger partial charge in [0, 0.05) is 19.5 Å². The SMILES string of the molecule is CCCCn1c(N)c(N(CC)C(=O)CCS(=O)(=O)c2ccc(C)cc2)c(=O)[nH]c1=O. The van der Waals surface area contributed by atoms with Crippen LogP contribution in [0.1, 0.15) is 38.7 Å². The molecule has 0 aliphatic rings. The Bertz CT molecular complexity index is 1120. The number of benzene rings is 1. The first-order valence-corrected chi connectivity index (χ1v) is 11.5. The van der Waals surface area contributed by atoms with E-state index in [9.17, 15) is 22.8 Å². The van der Waals surface area contributed by atoms with Crippen molar-refractivity contribution in [2.24, 2.45) is 0 Å². The molecule has 10 heteroatoms. The van der Waals surface area contributed by atoms with E-state index in [0.717, 1.165) is 16.9 Å². The van der Waals surface area contributed by atoms with Crippen LogP contribution in [0.5, 0.6) is 0 Å². The molecule has 1 amide bonds. The number of nitrogens with two attached hydrogens (primary N) is 1. The Balaban J connectivity index is 2.29. The minimum absolute atomic E-state index is 0.0999. The number of amides is 1. The number of hydrogen-bond donors (Lipinski definition) is 2. The zero-order chi connectivity index (χ0) is 22.5. The van der Waals surface area contributed by atoms with E-state index in [1.54, 1.807) is 19.1 Å². The molecule has 0 fully saturated rings. The summed E-state index contributed by atoms with van der Waals surface area (Å²) in [4.78, 5) is 40.7. The average Bonchev–Trinajstić information content (AvgIpc) is 2.69. The number of hydrogen-bond acceptors (Lipinski definition) is 6. The lowest BCUT2D eigenvalue weighted by Crippen LogP contribution is -2.41. The van der Waals surface area contributed by atoms with Gasteiger partial charge < -0.3 is 10.6 Å². The summed E-state index contributed by atoms with van der Waals surface area (Å²) in [6.45, 7) is 5.85. The van der Waals surface area contributed by atoms with Crippen molar-refractivity contribution in [3.05, 3.63) is 50.7 Å². The molecule has 3 N–H and O–H groups in total. The van der Waals surface area contributed by atoms with Gasteiger partial charge in [0.1, 0.15) is 5.82 Å². The Hall–Kier alpha value is -2.88. The van der Waals surface area contributed by atoms with E-state index in [-0.39, 0.29) is 29.4 Å². The van der Waals surface area contributed by atoms with Gasteiger partial charge in [0.2, 0.25) is 5.91 Å². The number of aromatic amines is 1. The van der Waals surface area contributed by atoms with Gasteiger partial charge in [-0.05, 0) is 32.4 Å². The molecule has 1 aromatic carbocycles. The fraction of sp³-hybridized carbons (Fsp3) is 0.450. The molecule has 0 aliphatic heterocycles. The van der Waals surface area contributed by atoms with Crippen molar-refractivity contribution >= 4 is 27.2 Å². The molecule has 0 unspecified atom stereocenters. The van der Waals surface area contributed by atoms with E-state index in [1.807, 2.05) is 13.8 Å². The fourth-order valence-electron chi connectivity index (χ4n) is 3.06. The van der Waals surface area contributed by atoms with Crippen LogP contribution < -0.4 is 21.9 Å². The highest BCUT2D eigenvalue weighted by Gasteiger charge is 2.25. The highest BCUT2D eigenvalue weighted by atomic mass is 32.2. The van der Waals surface area contributed by atoms with Gasteiger partial charge in [-0.1, -0.05) is 31.0 Å². The molecule has 0 atom stereocenters. The topological polar surface area (TPSA) is 135 Å². The number of carbonyl (C=O) groups excluding carboxylic acids is 1. The molecule has 2 rings (SSSR count). The number of anilines is 2. The molecular formula is C20H28N4O5S. The molecule has 164 valence electrons. The third kappa shape index (κ3) is 5.18. The number of aromatic nitrogens is 2. The Labute approximate surface area is 175 Å². The van der Waals surface area contributed by atoms with Crippen molar-refractivity contribution in [1.29, 1.82) is 0 Å². The van der Waals surface area contributed by atoms with Crippen LogP contribution in [0, 0.1) is 6.92 Å². The van der Waals surface area contributed by atoms with Crippen LogP contribution in [0.2, 0.25) is 0 Å². The molecule has 0 aliphatic carbocycles. The number of unbranched alkanes of at least 4 members (excludes halogenated alkanes) is 1. The van der Waals surface area contributed by atoms with E-state index in [2.05, 4.69) is 4.98 Å². The summed E-state index contributed by atoms with van der Waals surface area (Å²) in [6, 6.07) is 6.37. The van der Waals surface area contributed by atoms with Crippen LogP contribution in [0.25, 0.3) is 0 Å². The fourth-order valence-corrected chi connectivity index (χ4v) is 4.29. The van der Waals surface area contributed by atoms with Crippen molar-refractivity contribution in [2.75, 3.05) is 22.9 Å². The van der Waals surface area contributed by atoms with E-state index >= 15 is 0 Å². The van der Waals surface area contributed by atoms with Crippen LogP contribution in [0.4, 0.5) is 11.5 Å². The maximum atomic E-state index is 12.8. The van der Waals surface area contributed by atoms with Crippen molar-refractivity contribution in [3.8, 4) is 0 Å². The summed E-state index contributed by atoms with van der Waals surface area (Å²) >= 11 is 0. The Morgan fingerprint density at radius 2 is 1.80 bits per heavy atom. The number of nitrogens with one attached hydrogen (secondary N) is 1. The van der Waals surface area contributed by atoms with Gasteiger partial charge in [0.15, 0.2) is 15.5 Å². The third-order valence-electron chi connectivity index (χ3n) is 4.80. The molecule has 30 heavy (non-hydrogen) atoms. The quantitative estimate of drug-likeness (QED) is 0.611. The van der Waals surface area contributed by atoms with Crippen LogP contribution in [0.15, 0.2) is 38.8 Å². The minimum Gasteiger partial charge on any atom is -0.383 e. The number of nitrogens with zero attached hydrogens (tertiary/aromatic N) is 2. The predicted molar refractivity (Wildman–Crippen MR) is 117 cm³/mol. The first kappa shape index (κ1) is 23.4. The van der Waals surface area contributed by atoms with Crippen molar-refractivity contribution in [1.82, 2.24) is 9.55 Å². The van der Waals surface area contributed by atoms with Gasteiger partial charge in [-0.2, -0.15) is 0 Å². The van der Waals surface area contributed by atoms with E-state index in [0.29, 0.717) is 13.0 Å². The minimum atomic E-state index is -3.66. The van der Waals surface area contributed by atoms with Crippen LogP contribution >= 0.6 is 0 Å². The third-order valence-corrected chi connectivity index (χ3v) is 6.53. The normalized spacial score (nSPS) is 11.4. The lowest BCUT2D eigenvalue weighted by molar-refractivity contribution is -0.118. The Kier molecular flexibility index (Phi) is 7.60. The van der Waals surface area contributed by atoms with Crippen LogP contribution in [-0.2, 0) is 21.2 Å². The molecule has 9 nitrogen and oxygen atoms in total. The predicted octanol–water partition coefficient (Wildman–Crippen LogP) is 1.44. The Morgan fingerprint density at radius 3 is 2.37 bits per heavy atom. The van der Waals surface area contributed by atoms with Gasteiger partial charge in [0.05, 0.1) is 10.6 Å². The van der Waals surface area contributed by atoms with Gasteiger partial charge in [-0.25, -0.2) is 13.2 Å². The standard InChI is InChI=1S/C20H28N4O5S/c1-4-6-12-24-18(21)17(19(26)22-20(24)27)23(5-2)16(25)11-13-30(28,29)15-9-7-14(3)8-10-15/h7-10H,4-6,11-13,21H2,1-3H3,(H,22,26,27). The van der Waals surface area contributed by atoms with Crippen molar-refractivity contribution in [2.45, 2.75) is 51.5 Å². The van der Waals surface area contributed by atoms with E-state index in [4.69, 9.17) is 5.73 Å². The summed E-state index contributed by atoms with van der Waals surface area (Å²) < 4.78 is 26.3. The second-order valence-electron chi connectivity index (χ2n) is 7.02. The highest BCUT2D eigenvalue weighted by molar-refractivity contribution is 7.91. The van der Waals surface area contributed by atoms with Crippen LogP contribution in [0.3, 0.4) is 0 Å². The number of rotatable bonds is 9. The maximum absolute atomic E-state index is 12.8. The average molecular weight is 437 g/mol. The smallest absolute Gasteiger partial charge is 0.330 e. The summed E-state index contributed by atoms with van der Waals surface area (Å²) in [5, 5.41) is 0. The number of sulfone groups is 1. The van der Waals surface area contributed by atoms with E-state index in [1.165, 1.54) is 16.7 Å². The van der Waals surface area contributed by atoms with Gasteiger partial charge >= 0.3 is 5.69 Å². The summed E-state index contributed by atoms with van der Waals surface area (Å²) in [5.74, 6) is -1.07. The molecular weight excluding hydrogens is 408 g/mol. The van der Waals surface area contributed by atoms with Crippen molar-refractivity contribution in [3.63, 3.8) is 0 Å².